The largest absolute Gasteiger partial charge is 0.497 e. The van der Waals surface area contributed by atoms with Gasteiger partial charge in [-0.15, -0.1) is 5.10 Å². The van der Waals surface area contributed by atoms with Gasteiger partial charge in [0.2, 0.25) is 11.8 Å². The Morgan fingerprint density at radius 2 is 1.90 bits per heavy atom. The van der Waals surface area contributed by atoms with E-state index in [9.17, 15) is 9.59 Å². The molecule has 1 heterocycles. The van der Waals surface area contributed by atoms with Crippen molar-refractivity contribution in [2.45, 2.75) is 11.7 Å². The molecule has 0 saturated carbocycles. The molecule has 3 aromatic carbocycles. The van der Waals surface area contributed by atoms with Gasteiger partial charge in [-0.1, -0.05) is 54.2 Å². The van der Waals surface area contributed by atoms with Crippen LogP contribution in [0, 0.1) is 0 Å². The average Bonchev–Trinajstić information content (AvgIpc) is 3.13. The van der Waals surface area contributed by atoms with Gasteiger partial charge in [0.25, 0.3) is 0 Å². The first kappa shape index (κ1) is 20.6. The molecule has 0 bridgehead atoms. The summed E-state index contributed by atoms with van der Waals surface area (Å²) in [6, 6.07) is 21.0. The van der Waals surface area contributed by atoms with Gasteiger partial charge in [-0.25, -0.2) is 0 Å². The van der Waals surface area contributed by atoms with E-state index in [1.54, 1.807) is 37.6 Å². The van der Waals surface area contributed by atoms with E-state index in [0.29, 0.717) is 16.6 Å². The highest BCUT2D eigenvalue weighted by molar-refractivity contribution is 8.15. The third kappa shape index (κ3) is 5.10. The maximum atomic E-state index is 12.3. The number of fused-ring (bicyclic) bond motifs is 1. The summed E-state index contributed by atoms with van der Waals surface area (Å²) in [5.74, 6) is 0.195. The number of anilines is 1. The molecule has 0 aliphatic carbocycles. The zero-order valence-electron chi connectivity index (χ0n) is 16.7. The van der Waals surface area contributed by atoms with Gasteiger partial charge < -0.3 is 15.4 Å². The van der Waals surface area contributed by atoms with Crippen LogP contribution < -0.4 is 15.4 Å². The lowest BCUT2D eigenvalue weighted by Gasteiger charge is -2.08. The van der Waals surface area contributed by atoms with E-state index in [4.69, 9.17) is 4.74 Å². The van der Waals surface area contributed by atoms with Gasteiger partial charge in [0.05, 0.1) is 13.3 Å². The highest BCUT2D eigenvalue weighted by Gasteiger charge is 2.32. The van der Waals surface area contributed by atoms with E-state index in [1.165, 1.54) is 11.8 Å². The number of hydrogen-bond donors (Lipinski definition) is 2. The third-order valence-corrected chi connectivity index (χ3v) is 5.76. The van der Waals surface area contributed by atoms with E-state index >= 15 is 0 Å². The number of nitrogens with one attached hydrogen (secondary N) is 2. The van der Waals surface area contributed by atoms with Crippen LogP contribution in [0.15, 0.2) is 76.9 Å². The van der Waals surface area contributed by atoms with Gasteiger partial charge in [-0.3, -0.25) is 9.59 Å². The third-order valence-electron chi connectivity index (χ3n) is 4.69. The van der Waals surface area contributed by atoms with E-state index in [2.05, 4.69) is 20.8 Å². The van der Waals surface area contributed by atoms with Crippen LogP contribution in [-0.4, -0.2) is 35.6 Å². The van der Waals surface area contributed by atoms with Gasteiger partial charge in [0, 0.05) is 17.7 Å². The Hall–Kier alpha value is -3.65. The predicted molar refractivity (Wildman–Crippen MR) is 125 cm³/mol. The SMILES string of the molecule is COc1ccc(NC(=O)CC2S/C(=N\N=C\c3cccc4ccccc34)NC2=O)cc1. The van der Waals surface area contributed by atoms with Gasteiger partial charge in [-0.05, 0) is 35.0 Å². The number of benzene rings is 3. The van der Waals surface area contributed by atoms with Crippen LogP contribution in [0.25, 0.3) is 10.8 Å². The van der Waals surface area contributed by atoms with Crippen LogP contribution in [0.1, 0.15) is 12.0 Å². The second-order valence-corrected chi connectivity index (χ2v) is 7.99. The Labute approximate surface area is 183 Å². The number of carbonyl (C=O) groups excluding carboxylic acids is 2. The molecule has 156 valence electrons. The number of carbonyl (C=O) groups is 2. The molecule has 2 N–H and O–H groups in total. The van der Waals surface area contributed by atoms with Crippen molar-refractivity contribution in [2.75, 3.05) is 12.4 Å². The van der Waals surface area contributed by atoms with E-state index in [1.807, 2.05) is 42.5 Å². The number of nitrogens with zero attached hydrogens (tertiary/aromatic N) is 2. The van der Waals surface area contributed by atoms with E-state index < -0.39 is 5.25 Å². The number of thioether (sulfide) groups is 1. The Balaban J connectivity index is 1.36. The van der Waals surface area contributed by atoms with Gasteiger partial charge >= 0.3 is 0 Å². The van der Waals surface area contributed by atoms with Crippen LogP contribution in [0.4, 0.5) is 5.69 Å². The molecular formula is C23H20N4O3S. The minimum atomic E-state index is -0.551. The first-order valence-corrected chi connectivity index (χ1v) is 10.5. The Morgan fingerprint density at radius 1 is 1.13 bits per heavy atom. The number of methoxy groups -OCH3 is 1. The molecule has 1 atom stereocenters. The molecule has 0 spiro atoms. The lowest BCUT2D eigenvalue weighted by molar-refractivity contribution is -0.122. The molecule has 3 aromatic rings. The van der Waals surface area contributed by atoms with Crippen LogP contribution in [0.5, 0.6) is 5.75 Å². The lowest BCUT2D eigenvalue weighted by atomic mass is 10.1. The zero-order chi connectivity index (χ0) is 21.6. The quantitative estimate of drug-likeness (QED) is 0.458. The van der Waals surface area contributed by atoms with Crippen LogP contribution in [0.3, 0.4) is 0 Å². The highest BCUT2D eigenvalue weighted by atomic mass is 32.2. The van der Waals surface area contributed by atoms with E-state index in [-0.39, 0.29) is 18.2 Å². The summed E-state index contributed by atoms with van der Waals surface area (Å²) in [7, 11) is 1.58. The van der Waals surface area contributed by atoms with Crippen LogP contribution in [0.2, 0.25) is 0 Å². The molecule has 0 aromatic heterocycles. The number of rotatable bonds is 6. The fourth-order valence-corrected chi connectivity index (χ4v) is 4.07. The molecule has 1 unspecified atom stereocenters. The molecule has 1 aliphatic rings. The topological polar surface area (TPSA) is 92.2 Å². The van der Waals surface area contributed by atoms with Crippen molar-refractivity contribution in [2.24, 2.45) is 10.2 Å². The highest BCUT2D eigenvalue weighted by Crippen LogP contribution is 2.24. The fourth-order valence-electron chi connectivity index (χ4n) is 3.15. The first-order valence-electron chi connectivity index (χ1n) is 9.62. The summed E-state index contributed by atoms with van der Waals surface area (Å²) in [4.78, 5) is 24.5. The molecule has 2 amide bonds. The summed E-state index contributed by atoms with van der Waals surface area (Å²) >= 11 is 1.20. The van der Waals surface area contributed by atoms with Crippen molar-refractivity contribution in [1.82, 2.24) is 5.32 Å². The second-order valence-electron chi connectivity index (χ2n) is 6.79. The summed E-state index contributed by atoms with van der Waals surface area (Å²) in [5, 5.41) is 15.7. The maximum Gasteiger partial charge on any atom is 0.240 e. The number of ether oxygens (including phenoxy) is 1. The summed E-state index contributed by atoms with van der Waals surface area (Å²) in [6.45, 7) is 0. The van der Waals surface area contributed by atoms with Gasteiger partial charge in [0.15, 0.2) is 5.17 Å². The summed E-state index contributed by atoms with van der Waals surface area (Å²) in [5.41, 5.74) is 1.58. The van der Waals surface area contributed by atoms with Crippen LogP contribution >= 0.6 is 11.8 Å². The van der Waals surface area contributed by atoms with E-state index in [0.717, 1.165) is 16.3 Å². The van der Waals surface area contributed by atoms with Gasteiger partial charge in [0.1, 0.15) is 11.0 Å². The van der Waals surface area contributed by atoms with Crippen molar-refractivity contribution in [1.29, 1.82) is 0 Å². The van der Waals surface area contributed by atoms with Crippen molar-refractivity contribution in [3.05, 3.63) is 72.3 Å². The standard InChI is InChI=1S/C23H20N4O3S/c1-30-18-11-9-17(10-12-18)25-21(28)13-20-22(29)26-23(31-20)27-24-14-16-7-4-6-15-5-2-3-8-19(15)16/h2-12,14,20H,13H2,1H3,(H,25,28)(H,26,27,29)/b24-14+. The molecular weight excluding hydrogens is 412 g/mol. The van der Waals surface area contributed by atoms with Crippen molar-refractivity contribution in [3.8, 4) is 5.75 Å². The normalized spacial score (nSPS) is 17.3. The average molecular weight is 433 g/mol. The zero-order valence-corrected chi connectivity index (χ0v) is 17.6. The second kappa shape index (κ2) is 9.44. The van der Waals surface area contributed by atoms with Gasteiger partial charge in [-0.2, -0.15) is 5.10 Å². The molecule has 8 heteroatoms. The molecule has 4 rings (SSSR count). The number of hydrogen-bond acceptors (Lipinski definition) is 6. The molecule has 1 saturated heterocycles. The smallest absolute Gasteiger partial charge is 0.240 e. The molecule has 1 aliphatic heterocycles. The molecule has 1 fully saturated rings. The molecule has 0 radical (unpaired) electrons. The Morgan fingerprint density at radius 3 is 2.71 bits per heavy atom. The summed E-state index contributed by atoms with van der Waals surface area (Å²) in [6.07, 6.45) is 1.69. The monoisotopic (exact) mass is 432 g/mol. The Kier molecular flexibility index (Phi) is 6.28. The molecule has 7 nitrogen and oxygen atoms in total. The lowest BCUT2D eigenvalue weighted by Crippen LogP contribution is -2.28. The minimum absolute atomic E-state index is 0.0363. The molecule has 31 heavy (non-hydrogen) atoms. The van der Waals surface area contributed by atoms with Crippen molar-refractivity contribution >= 4 is 51.4 Å². The number of amidine groups is 1. The van der Waals surface area contributed by atoms with Crippen molar-refractivity contribution in [3.63, 3.8) is 0 Å². The predicted octanol–water partition coefficient (Wildman–Crippen LogP) is 3.80. The maximum absolute atomic E-state index is 12.3. The number of amides is 2. The Bertz CT molecular complexity index is 1170. The van der Waals surface area contributed by atoms with Crippen molar-refractivity contribution < 1.29 is 14.3 Å². The summed E-state index contributed by atoms with van der Waals surface area (Å²) < 4.78 is 5.10. The van der Waals surface area contributed by atoms with Crippen LogP contribution in [-0.2, 0) is 9.59 Å². The fraction of sp³-hybridized carbons (Fsp3) is 0.130. The first-order chi connectivity index (χ1) is 15.1. The minimum Gasteiger partial charge on any atom is -0.497 e.